The van der Waals surface area contributed by atoms with Gasteiger partial charge in [0.05, 0.1) is 21.3 Å². The summed E-state index contributed by atoms with van der Waals surface area (Å²) < 4.78 is 17.0. The van der Waals surface area contributed by atoms with Crippen molar-refractivity contribution in [2.75, 3.05) is 27.9 Å². The van der Waals surface area contributed by atoms with E-state index in [0.29, 0.717) is 30.2 Å². The Balaban J connectivity index is 1.99. The Hall–Kier alpha value is -2.47. The number of carbonyl (C=O) groups is 1. The fourth-order valence-electron chi connectivity index (χ4n) is 2.47. The number of hydrogen-bond acceptors (Lipinski definition) is 4. The number of nitrogens with one attached hydrogen (secondary N) is 1. The van der Waals surface area contributed by atoms with Gasteiger partial charge in [-0.05, 0) is 24.1 Å². The highest BCUT2D eigenvalue weighted by atomic mass is 79.9. The van der Waals surface area contributed by atoms with Crippen molar-refractivity contribution in [1.29, 1.82) is 0 Å². The first-order chi connectivity index (χ1) is 12.6. The van der Waals surface area contributed by atoms with Gasteiger partial charge in [-0.3, -0.25) is 4.79 Å². The molecule has 0 aromatic heterocycles. The normalized spacial score (nSPS) is 10.6. The molecule has 0 atom stereocenters. The number of halogens is 1. The standard InChI is InChI=1S/C20H22BrNO4/c1-24-15-12-18(25-2)16(19(13-15)26-3)10-11-22-20(23)9-8-14-6-4-5-7-17(14)21/h4-9,12-13H,10-11H2,1-3H3,(H,22,23)/b9-8+. The van der Waals surface area contributed by atoms with Crippen molar-refractivity contribution in [3.8, 4) is 17.2 Å². The lowest BCUT2D eigenvalue weighted by Crippen LogP contribution is -2.23. The Labute approximate surface area is 162 Å². The zero-order chi connectivity index (χ0) is 18.9. The number of benzene rings is 2. The van der Waals surface area contributed by atoms with Gasteiger partial charge in [-0.25, -0.2) is 0 Å². The number of methoxy groups -OCH3 is 3. The van der Waals surface area contributed by atoms with E-state index < -0.39 is 0 Å². The van der Waals surface area contributed by atoms with Gasteiger partial charge in [-0.2, -0.15) is 0 Å². The zero-order valence-electron chi connectivity index (χ0n) is 15.0. The van der Waals surface area contributed by atoms with E-state index in [1.54, 1.807) is 39.5 Å². The molecular weight excluding hydrogens is 398 g/mol. The maximum Gasteiger partial charge on any atom is 0.244 e. The average Bonchev–Trinajstić information content (AvgIpc) is 2.67. The van der Waals surface area contributed by atoms with Crippen LogP contribution in [0.1, 0.15) is 11.1 Å². The van der Waals surface area contributed by atoms with Crippen LogP contribution in [-0.4, -0.2) is 33.8 Å². The largest absolute Gasteiger partial charge is 0.496 e. The van der Waals surface area contributed by atoms with Crippen molar-refractivity contribution in [3.63, 3.8) is 0 Å². The predicted molar refractivity (Wildman–Crippen MR) is 106 cm³/mol. The van der Waals surface area contributed by atoms with Gasteiger partial charge in [0, 0.05) is 34.8 Å². The first-order valence-electron chi connectivity index (χ1n) is 8.08. The molecule has 6 heteroatoms. The molecule has 2 aromatic rings. The number of ether oxygens (including phenoxy) is 3. The van der Waals surface area contributed by atoms with Crippen molar-refractivity contribution in [2.24, 2.45) is 0 Å². The lowest BCUT2D eigenvalue weighted by molar-refractivity contribution is -0.116. The summed E-state index contributed by atoms with van der Waals surface area (Å²) in [5.74, 6) is 1.83. The van der Waals surface area contributed by atoms with Crippen LogP contribution < -0.4 is 19.5 Å². The van der Waals surface area contributed by atoms with Gasteiger partial charge in [0.2, 0.25) is 5.91 Å². The lowest BCUT2D eigenvalue weighted by Gasteiger charge is -2.15. The monoisotopic (exact) mass is 419 g/mol. The second kappa shape index (κ2) is 9.87. The third kappa shape index (κ3) is 5.26. The SMILES string of the molecule is COc1cc(OC)c(CCNC(=O)/C=C/c2ccccc2Br)c(OC)c1. The Bertz CT molecular complexity index is 764. The summed E-state index contributed by atoms with van der Waals surface area (Å²) in [6, 6.07) is 11.3. The molecule has 0 radical (unpaired) electrons. The quantitative estimate of drug-likeness (QED) is 0.660. The van der Waals surface area contributed by atoms with Crippen LogP contribution in [0, 0.1) is 0 Å². The van der Waals surface area contributed by atoms with E-state index in [4.69, 9.17) is 14.2 Å². The minimum atomic E-state index is -0.160. The Morgan fingerprint density at radius 2 is 1.73 bits per heavy atom. The Morgan fingerprint density at radius 1 is 1.08 bits per heavy atom. The first kappa shape index (κ1) is 19.8. The van der Waals surface area contributed by atoms with Crippen LogP contribution in [0.2, 0.25) is 0 Å². The molecule has 0 aliphatic rings. The van der Waals surface area contributed by atoms with Crippen molar-refractivity contribution < 1.29 is 19.0 Å². The fraction of sp³-hybridized carbons (Fsp3) is 0.250. The molecule has 0 fully saturated rings. The zero-order valence-corrected chi connectivity index (χ0v) is 16.6. The summed E-state index contributed by atoms with van der Waals surface area (Å²) in [5.41, 5.74) is 1.83. The van der Waals surface area contributed by atoms with E-state index in [2.05, 4.69) is 21.2 Å². The van der Waals surface area contributed by atoms with Gasteiger partial charge >= 0.3 is 0 Å². The summed E-state index contributed by atoms with van der Waals surface area (Å²) >= 11 is 3.45. The molecule has 0 heterocycles. The van der Waals surface area contributed by atoms with Crippen molar-refractivity contribution in [2.45, 2.75) is 6.42 Å². The van der Waals surface area contributed by atoms with Crippen LogP contribution in [0.5, 0.6) is 17.2 Å². The van der Waals surface area contributed by atoms with Crippen LogP contribution >= 0.6 is 15.9 Å². The molecule has 0 saturated carbocycles. The van der Waals surface area contributed by atoms with E-state index in [1.807, 2.05) is 24.3 Å². The molecule has 5 nitrogen and oxygen atoms in total. The molecule has 0 saturated heterocycles. The van der Waals surface area contributed by atoms with Gasteiger partial charge in [0.15, 0.2) is 0 Å². The highest BCUT2D eigenvalue weighted by molar-refractivity contribution is 9.10. The van der Waals surface area contributed by atoms with Crippen molar-refractivity contribution in [3.05, 3.63) is 58.1 Å². The number of amides is 1. The van der Waals surface area contributed by atoms with E-state index in [0.717, 1.165) is 15.6 Å². The second-order valence-corrected chi connectivity index (χ2v) is 6.26. The van der Waals surface area contributed by atoms with Gasteiger partial charge < -0.3 is 19.5 Å². The molecular formula is C20H22BrNO4. The van der Waals surface area contributed by atoms with Crippen molar-refractivity contribution >= 4 is 27.9 Å². The van der Waals surface area contributed by atoms with Gasteiger partial charge in [0.1, 0.15) is 17.2 Å². The molecule has 26 heavy (non-hydrogen) atoms. The molecule has 0 spiro atoms. The summed E-state index contributed by atoms with van der Waals surface area (Å²) in [4.78, 5) is 12.0. The van der Waals surface area contributed by atoms with Gasteiger partial charge in [0.25, 0.3) is 0 Å². The smallest absolute Gasteiger partial charge is 0.244 e. The van der Waals surface area contributed by atoms with Gasteiger partial charge in [-0.1, -0.05) is 34.1 Å². The van der Waals surface area contributed by atoms with E-state index in [-0.39, 0.29) is 5.91 Å². The third-order valence-corrected chi connectivity index (χ3v) is 4.53. The summed E-state index contributed by atoms with van der Waals surface area (Å²) in [6.45, 7) is 0.457. The van der Waals surface area contributed by atoms with E-state index in [1.165, 1.54) is 6.08 Å². The molecule has 0 aliphatic heterocycles. The minimum absolute atomic E-state index is 0.160. The Kier molecular flexibility index (Phi) is 7.53. The maximum atomic E-state index is 12.0. The van der Waals surface area contributed by atoms with Crippen LogP contribution in [0.15, 0.2) is 46.9 Å². The highest BCUT2D eigenvalue weighted by Gasteiger charge is 2.13. The fourth-order valence-corrected chi connectivity index (χ4v) is 2.89. The maximum absolute atomic E-state index is 12.0. The van der Waals surface area contributed by atoms with E-state index in [9.17, 15) is 4.79 Å². The lowest BCUT2D eigenvalue weighted by atomic mass is 10.1. The summed E-state index contributed by atoms with van der Waals surface area (Å²) in [5, 5.41) is 2.87. The molecule has 2 rings (SSSR count). The summed E-state index contributed by atoms with van der Waals surface area (Å²) in [7, 11) is 4.78. The molecule has 0 aliphatic carbocycles. The molecule has 1 N–H and O–H groups in total. The topological polar surface area (TPSA) is 56.8 Å². The van der Waals surface area contributed by atoms with Crippen molar-refractivity contribution in [1.82, 2.24) is 5.32 Å². The predicted octanol–water partition coefficient (Wildman–Crippen LogP) is 3.85. The second-order valence-electron chi connectivity index (χ2n) is 5.41. The van der Waals surface area contributed by atoms with Crippen LogP contribution in [0.25, 0.3) is 6.08 Å². The highest BCUT2D eigenvalue weighted by Crippen LogP contribution is 2.34. The molecule has 138 valence electrons. The molecule has 1 amide bonds. The van der Waals surface area contributed by atoms with Crippen LogP contribution in [-0.2, 0) is 11.2 Å². The van der Waals surface area contributed by atoms with Crippen LogP contribution in [0.3, 0.4) is 0 Å². The van der Waals surface area contributed by atoms with Gasteiger partial charge in [-0.15, -0.1) is 0 Å². The number of hydrogen-bond donors (Lipinski definition) is 1. The minimum Gasteiger partial charge on any atom is -0.496 e. The summed E-state index contributed by atoms with van der Waals surface area (Å²) in [6.07, 6.45) is 3.86. The molecule has 2 aromatic carbocycles. The molecule has 0 bridgehead atoms. The molecule has 0 unspecified atom stereocenters. The Morgan fingerprint density at radius 3 is 2.31 bits per heavy atom. The van der Waals surface area contributed by atoms with Crippen LogP contribution in [0.4, 0.5) is 0 Å². The van der Waals surface area contributed by atoms with E-state index >= 15 is 0 Å². The average molecular weight is 420 g/mol. The first-order valence-corrected chi connectivity index (χ1v) is 8.87. The number of rotatable bonds is 8. The number of carbonyl (C=O) groups excluding carboxylic acids is 1. The third-order valence-electron chi connectivity index (χ3n) is 3.81.